The molecule has 1 fully saturated rings. The predicted octanol–water partition coefficient (Wildman–Crippen LogP) is 2.87. The van der Waals surface area contributed by atoms with Crippen LogP contribution < -0.4 is 10.1 Å². The molecule has 1 aromatic carbocycles. The van der Waals surface area contributed by atoms with Crippen LogP contribution in [0.15, 0.2) is 36.7 Å². The maximum atomic E-state index is 5.25. The highest BCUT2D eigenvalue weighted by Gasteiger charge is 2.13. The lowest BCUT2D eigenvalue weighted by Gasteiger charge is -2.22. The van der Waals surface area contributed by atoms with Crippen molar-refractivity contribution in [2.45, 2.75) is 25.4 Å². The second kappa shape index (κ2) is 7.00. The number of hydrogen-bond acceptors (Lipinski definition) is 4. The molecule has 112 valence electrons. The number of nitrogens with zero attached hydrogens (tertiary/aromatic N) is 2. The Hall–Kier alpha value is -1.46. The molecule has 5 heteroatoms. The van der Waals surface area contributed by atoms with Crippen molar-refractivity contribution in [2.75, 3.05) is 18.6 Å². The molecule has 1 aromatic heterocycles. The highest BCUT2D eigenvalue weighted by atomic mass is 32.2. The molecule has 0 aliphatic carbocycles. The van der Waals surface area contributed by atoms with E-state index in [0.717, 1.165) is 18.0 Å². The largest absolute Gasteiger partial charge is 0.497 e. The number of hydrogen-bond donors (Lipinski definition) is 1. The monoisotopic (exact) mass is 303 g/mol. The Morgan fingerprint density at radius 3 is 3.24 bits per heavy atom. The highest BCUT2D eigenvalue weighted by molar-refractivity contribution is 7.99. The molecule has 3 rings (SSSR count). The molecule has 1 atom stereocenters. The molecule has 1 N–H and O–H groups in total. The molecular weight excluding hydrogens is 282 g/mol. The molecule has 0 bridgehead atoms. The van der Waals surface area contributed by atoms with Crippen molar-refractivity contribution in [1.82, 2.24) is 15.1 Å². The zero-order valence-corrected chi connectivity index (χ0v) is 13.1. The van der Waals surface area contributed by atoms with Crippen molar-refractivity contribution in [1.29, 1.82) is 0 Å². The molecule has 0 saturated carbocycles. The average molecular weight is 303 g/mol. The van der Waals surface area contributed by atoms with Gasteiger partial charge < -0.3 is 10.1 Å². The van der Waals surface area contributed by atoms with Crippen LogP contribution in [0.5, 0.6) is 5.75 Å². The molecule has 0 unspecified atom stereocenters. The number of rotatable bonds is 5. The molecule has 21 heavy (non-hydrogen) atoms. The summed E-state index contributed by atoms with van der Waals surface area (Å²) in [6, 6.07) is 8.58. The fourth-order valence-corrected chi connectivity index (χ4v) is 3.62. The normalized spacial score (nSPS) is 18.6. The van der Waals surface area contributed by atoms with Gasteiger partial charge in [0.2, 0.25) is 0 Å². The Kier molecular flexibility index (Phi) is 4.83. The Bertz CT molecular complexity index is 578. The van der Waals surface area contributed by atoms with E-state index >= 15 is 0 Å². The molecule has 2 heterocycles. The number of ether oxygens (including phenoxy) is 1. The fourth-order valence-electron chi connectivity index (χ4n) is 2.51. The number of thioether (sulfide) groups is 1. The van der Waals surface area contributed by atoms with Gasteiger partial charge in [-0.2, -0.15) is 16.9 Å². The van der Waals surface area contributed by atoms with E-state index in [0.29, 0.717) is 6.04 Å². The van der Waals surface area contributed by atoms with Crippen LogP contribution in [0, 0.1) is 0 Å². The third-order valence-corrected chi connectivity index (χ3v) is 4.92. The van der Waals surface area contributed by atoms with E-state index < -0.39 is 0 Å². The first kappa shape index (κ1) is 14.5. The van der Waals surface area contributed by atoms with E-state index in [4.69, 9.17) is 4.74 Å². The van der Waals surface area contributed by atoms with Crippen LogP contribution in [0.4, 0.5) is 0 Å². The lowest BCUT2D eigenvalue weighted by atomic mass is 10.2. The van der Waals surface area contributed by atoms with Crippen LogP contribution in [0.25, 0.3) is 5.69 Å². The number of benzene rings is 1. The summed E-state index contributed by atoms with van der Waals surface area (Å²) in [7, 11) is 1.68. The molecule has 0 radical (unpaired) electrons. The van der Waals surface area contributed by atoms with E-state index in [2.05, 4.69) is 16.6 Å². The lowest BCUT2D eigenvalue weighted by Crippen LogP contribution is -2.33. The maximum absolute atomic E-state index is 5.25. The minimum absolute atomic E-state index is 0.643. The van der Waals surface area contributed by atoms with Crippen molar-refractivity contribution in [3.63, 3.8) is 0 Å². The fraction of sp³-hybridized carbons (Fsp3) is 0.438. The summed E-state index contributed by atoms with van der Waals surface area (Å²) < 4.78 is 7.15. The summed E-state index contributed by atoms with van der Waals surface area (Å²) in [4.78, 5) is 0. The van der Waals surface area contributed by atoms with Gasteiger partial charge in [-0.05, 0) is 30.7 Å². The second-order valence-electron chi connectivity index (χ2n) is 5.29. The molecule has 4 nitrogen and oxygen atoms in total. The van der Waals surface area contributed by atoms with Crippen molar-refractivity contribution in [3.8, 4) is 11.4 Å². The molecule has 2 aromatic rings. The van der Waals surface area contributed by atoms with Gasteiger partial charge in [-0.25, -0.2) is 4.68 Å². The predicted molar refractivity (Wildman–Crippen MR) is 87.3 cm³/mol. The summed E-state index contributed by atoms with van der Waals surface area (Å²) in [5.41, 5.74) is 2.24. The number of nitrogens with one attached hydrogen (secondary N) is 1. The Morgan fingerprint density at radius 1 is 1.48 bits per heavy atom. The average Bonchev–Trinajstić information content (AvgIpc) is 3.03. The van der Waals surface area contributed by atoms with Gasteiger partial charge in [-0.1, -0.05) is 6.07 Å². The zero-order chi connectivity index (χ0) is 14.5. The van der Waals surface area contributed by atoms with Crippen LogP contribution >= 0.6 is 11.8 Å². The lowest BCUT2D eigenvalue weighted by molar-refractivity contribution is 0.414. The van der Waals surface area contributed by atoms with Gasteiger partial charge in [-0.3, -0.25) is 0 Å². The first-order valence-electron chi connectivity index (χ1n) is 7.34. The van der Waals surface area contributed by atoms with Crippen molar-refractivity contribution >= 4 is 11.8 Å². The van der Waals surface area contributed by atoms with Gasteiger partial charge in [0.15, 0.2) is 0 Å². The van der Waals surface area contributed by atoms with Gasteiger partial charge in [0, 0.05) is 36.2 Å². The third-order valence-electron chi connectivity index (χ3n) is 3.71. The third kappa shape index (κ3) is 3.80. The first-order chi connectivity index (χ1) is 10.3. The Morgan fingerprint density at radius 2 is 2.43 bits per heavy atom. The van der Waals surface area contributed by atoms with Crippen LogP contribution in [0.2, 0.25) is 0 Å². The quantitative estimate of drug-likeness (QED) is 0.922. The van der Waals surface area contributed by atoms with E-state index in [1.165, 1.54) is 29.9 Å². The highest BCUT2D eigenvalue weighted by Crippen LogP contribution is 2.18. The molecule has 0 amide bonds. The van der Waals surface area contributed by atoms with Gasteiger partial charge in [0.05, 0.1) is 19.0 Å². The van der Waals surface area contributed by atoms with Crippen LogP contribution in [-0.4, -0.2) is 34.4 Å². The SMILES string of the molecule is COc1cccc(-n2cc(CN[C@H]3CCCSC3)cn2)c1. The molecule has 0 spiro atoms. The number of aromatic nitrogens is 2. The van der Waals surface area contributed by atoms with Gasteiger partial charge in [0.1, 0.15) is 5.75 Å². The van der Waals surface area contributed by atoms with Crippen LogP contribution in [-0.2, 0) is 6.54 Å². The van der Waals surface area contributed by atoms with E-state index in [1.807, 2.05) is 46.9 Å². The molecular formula is C16H21N3OS. The van der Waals surface area contributed by atoms with Gasteiger partial charge in [0.25, 0.3) is 0 Å². The maximum Gasteiger partial charge on any atom is 0.121 e. The van der Waals surface area contributed by atoms with E-state index in [1.54, 1.807) is 7.11 Å². The van der Waals surface area contributed by atoms with Crippen molar-refractivity contribution in [3.05, 3.63) is 42.2 Å². The minimum atomic E-state index is 0.643. The van der Waals surface area contributed by atoms with Gasteiger partial charge in [-0.15, -0.1) is 0 Å². The van der Waals surface area contributed by atoms with E-state index in [9.17, 15) is 0 Å². The number of methoxy groups -OCH3 is 1. The van der Waals surface area contributed by atoms with Crippen molar-refractivity contribution < 1.29 is 4.74 Å². The molecule has 1 aliphatic heterocycles. The molecule has 1 saturated heterocycles. The van der Waals surface area contributed by atoms with Crippen molar-refractivity contribution in [2.24, 2.45) is 0 Å². The second-order valence-corrected chi connectivity index (χ2v) is 6.44. The molecule has 1 aliphatic rings. The van der Waals surface area contributed by atoms with E-state index in [-0.39, 0.29) is 0 Å². The first-order valence-corrected chi connectivity index (χ1v) is 8.50. The zero-order valence-electron chi connectivity index (χ0n) is 12.3. The van der Waals surface area contributed by atoms with Crippen LogP contribution in [0.3, 0.4) is 0 Å². The topological polar surface area (TPSA) is 39.1 Å². The van der Waals surface area contributed by atoms with Gasteiger partial charge >= 0.3 is 0 Å². The minimum Gasteiger partial charge on any atom is -0.497 e. The summed E-state index contributed by atoms with van der Waals surface area (Å²) in [5.74, 6) is 3.39. The summed E-state index contributed by atoms with van der Waals surface area (Å²) in [6.07, 6.45) is 6.63. The summed E-state index contributed by atoms with van der Waals surface area (Å²) in [6.45, 7) is 0.884. The summed E-state index contributed by atoms with van der Waals surface area (Å²) >= 11 is 2.05. The Labute approximate surface area is 129 Å². The van der Waals surface area contributed by atoms with Crippen LogP contribution in [0.1, 0.15) is 18.4 Å². The Balaban J connectivity index is 1.62. The summed E-state index contributed by atoms with van der Waals surface area (Å²) in [5, 5.41) is 8.07. The standard InChI is InChI=1S/C16H21N3OS/c1-20-16-6-2-5-15(8-16)19-11-13(10-18-19)9-17-14-4-3-7-21-12-14/h2,5-6,8,10-11,14,17H,3-4,7,9,12H2,1H3/t14-/m0/s1. The smallest absolute Gasteiger partial charge is 0.121 e.